The fraction of sp³-hybridized carbons (Fsp3) is 0.103. The molecule has 0 aliphatic carbocycles. The highest BCUT2D eigenvalue weighted by Crippen LogP contribution is 2.38. The maximum atomic E-state index is 14.8. The molecule has 0 unspecified atom stereocenters. The third-order valence-corrected chi connectivity index (χ3v) is 5.78. The van der Waals surface area contributed by atoms with Crippen LogP contribution in [0.1, 0.15) is 17.5 Å². The van der Waals surface area contributed by atoms with Crippen LogP contribution in [0.2, 0.25) is 0 Å². The van der Waals surface area contributed by atoms with Crippen LogP contribution < -0.4 is 4.74 Å². The van der Waals surface area contributed by atoms with Crippen molar-refractivity contribution in [1.82, 2.24) is 0 Å². The number of hydrogen-bond donors (Lipinski definition) is 0. The summed E-state index contributed by atoms with van der Waals surface area (Å²) in [5.41, 5.74) is -1.30. The van der Waals surface area contributed by atoms with Crippen molar-refractivity contribution < 1.29 is 39.9 Å². The Morgan fingerprint density at radius 2 is 1.29 bits per heavy atom. The van der Waals surface area contributed by atoms with Gasteiger partial charge in [0.05, 0.1) is 0 Å². The first kappa shape index (κ1) is 26.9. The normalized spacial score (nSPS) is 11.5. The fourth-order valence-electron chi connectivity index (χ4n) is 3.82. The predicted molar refractivity (Wildman–Crippen MR) is 127 cm³/mol. The number of rotatable bonds is 8. The molecule has 0 amide bonds. The van der Waals surface area contributed by atoms with Crippen molar-refractivity contribution in [1.29, 1.82) is 0 Å². The number of aryl methyl sites for hydroxylation is 1. The van der Waals surface area contributed by atoms with Crippen molar-refractivity contribution in [3.63, 3.8) is 0 Å². The first-order chi connectivity index (χ1) is 18.0. The highest BCUT2D eigenvalue weighted by molar-refractivity contribution is 5.66. The molecule has 0 saturated heterocycles. The Morgan fingerprint density at radius 1 is 0.658 bits per heavy atom. The zero-order chi connectivity index (χ0) is 27.6. The van der Waals surface area contributed by atoms with E-state index in [1.54, 1.807) is 18.2 Å². The van der Waals surface area contributed by atoms with Gasteiger partial charge < -0.3 is 4.74 Å². The SMILES string of the molecule is C=CCCc1ccc(-c2ccc(C(F)(F)Oc3ccc(-c4cc(F)c(F)c(F)c4)c(F)c3)c(F)c2F)cc1. The van der Waals surface area contributed by atoms with Crippen LogP contribution in [0.3, 0.4) is 0 Å². The third kappa shape index (κ3) is 5.41. The maximum absolute atomic E-state index is 14.8. The number of halogens is 8. The molecule has 4 rings (SSSR count). The van der Waals surface area contributed by atoms with Crippen LogP contribution in [0.25, 0.3) is 22.3 Å². The summed E-state index contributed by atoms with van der Waals surface area (Å²) in [6, 6.07) is 11.3. The summed E-state index contributed by atoms with van der Waals surface area (Å²) in [6.45, 7) is 3.63. The molecule has 38 heavy (non-hydrogen) atoms. The molecule has 0 heterocycles. The predicted octanol–water partition coefficient (Wildman–Crippen LogP) is 9.10. The van der Waals surface area contributed by atoms with Gasteiger partial charge in [-0.05, 0) is 59.9 Å². The summed E-state index contributed by atoms with van der Waals surface area (Å²) in [4.78, 5) is 0. The molecular weight excluding hydrogens is 516 g/mol. The van der Waals surface area contributed by atoms with Crippen LogP contribution in [-0.4, -0.2) is 0 Å². The van der Waals surface area contributed by atoms with E-state index in [0.29, 0.717) is 30.7 Å². The average molecular weight is 534 g/mol. The summed E-state index contributed by atoms with van der Waals surface area (Å²) in [7, 11) is 0. The van der Waals surface area contributed by atoms with Crippen LogP contribution in [0.5, 0.6) is 5.75 Å². The third-order valence-electron chi connectivity index (χ3n) is 5.78. The van der Waals surface area contributed by atoms with Gasteiger partial charge in [0.1, 0.15) is 17.1 Å². The van der Waals surface area contributed by atoms with Crippen LogP contribution in [0.4, 0.5) is 35.1 Å². The van der Waals surface area contributed by atoms with E-state index in [9.17, 15) is 35.1 Å². The summed E-state index contributed by atoms with van der Waals surface area (Å²) in [5, 5.41) is 0. The van der Waals surface area contributed by atoms with E-state index >= 15 is 0 Å². The van der Waals surface area contributed by atoms with E-state index in [4.69, 9.17) is 0 Å². The maximum Gasteiger partial charge on any atom is 0.429 e. The van der Waals surface area contributed by atoms with E-state index in [2.05, 4.69) is 11.3 Å². The number of ether oxygens (including phenoxy) is 1. The molecule has 1 nitrogen and oxygen atoms in total. The van der Waals surface area contributed by atoms with E-state index in [-0.39, 0.29) is 11.1 Å². The molecule has 0 bridgehead atoms. The lowest BCUT2D eigenvalue weighted by atomic mass is 9.99. The Hall–Kier alpha value is -4.14. The van der Waals surface area contributed by atoms with Crippen molar-refractivity contribution in [3.05, 3.63) is 125 Å². The van der Waals surface area contributed by atoms with Crippen molar-refractivity contribution in [2.24, 2.45) is 0 Å². The van der Waals surface area contributed by atoms with Gasteiger partial charge in [-0.2, -0.15) is 8.78 Å². The molecule has 196 valence electrons. The van der Waals surface area contributed by atoms with Gasteiger partial charge in [-0.1, -0.05) is 36.4 Å². The van der Waals surface area contributed by atoms with Crippen molar-refractivity contribution in [2.75, 3.05) is 0 Å². The van der Waals surface area contributed by atoms with Gasteiger partial charge in [-0.15, -0.1) is 6.58 Å². The van der Waals surface area contributed by atoms with Crippen molar-refractivity contribution >= 4 is 0 Å². The lowest BCUT2D eigenvalue weighted by Crippen LogP contribution is -2.24. The average Bonchev–Trinajstić information content (AvgIpc) is 2.87. The van der Waals surface area contributed by atoms with Gasteiger partial charge >= 0.3 is 6.11 Å². The molecule has 4 aromatic carbocycles. The Bertz CT molecular complexity index is 1470. The zero-order valence-corrected chi connectivity index (χ0v) is 19.5. The minimum absolute atomic E-state index is 0.244. The van der Waals surface area contributed by atoms with E-state index in [1.807, 2.05) is 0 Å². The highest BCUT2D eigenvalue weighted by Gasteiger charge is 2.39. The smallest absolute Gasteiger partial charge is 0.429 e. The Labute approximate surface area is 212 Å². The molecule has 0 fully saturated rings. The van der Waals surface area contributed by atoms with Gasteiger partial charge in [0.25, 0.3) is 0 Å². The Kier molecular flexibility index (Phi) is 7.57. The van der Waals surface area contributed by atoms with Crippen molar-refractivity contribution in [3.8, 4) is 28.0 Å². The van der Waals surface area contributed by atoms with Crippen molar-refractivity contribution in [2.45, 2.75) is 19.0 Å². The van der Waals surface area contributed by atoms with Gasteiger partial charge in [0.15, 0.2) is 29.1 Å². The lowest BCUT2D eigenvalue weighted by molar-refractivity contribution is -0.187. The van der Waals surface area contributed by atoms with E-state index in [1.165, 1.54) is 12.1 Å². The first-order valence-electron chi connectivity index (χ1n) is 11.2. The monoisotopic (exact) mass is 534 g/mol. The molecule has 0 radical (unpaired) electrons. The molecule has 0 spiro atoms. The molecule has 0 atom stereocenters. The second-order valence-corrected chi connectivity index (χ2v) is 8.33. The number of benzene rings is 4. The van der Waals surface area contributed by atoms with Gasteiger partial charge in [0.2, 0.25) is 0 Å². The minimum atomic E-state index is -4.42. The zero-order valence-electron chi connectivity index (χ0n) is 19.5. The summed E-state index contributed by atoms with van der Waals surface area (Å²) in [5.74, 6) is -10.3. The number of alkyl halides is 2. The van der Waals surface area contributed by atoms with E-state index < -0.39 is 63.5 Å². The van der Waals surface area contributed by atoms with Gasteiger partial charge in [-0.25, -0.2) is 26.3 Å². The largest absolute Gasteiger partial charge is 0.429 e. The highest BCUT2D eigenvalue weighted by atomic mass is 19.3. The fourth-order valence-corrected chi connectivity index (χ4v) is 3.82. The first-order valence-corrected chi connectivity index (χ1v) is 11.2. The van der Waals surface area contributed by atoms with Crippen LogP contribution in [-0.2, 0) is 12.5 Å². The quantitative estimate of drug-likeness (QED) is 0.124. The number of hydrogen-bond acceptors (Lipinski definition) is 1. The Balaban J connectivity index is 1.59. The molecule has 0 aliphatic rings. The Morgan fingerprint density at radius 3 is 1.89 bits per heavy atom. The summed E-state index contributed by atoms with van der Waals surface area (Å²) >= 11 is 0. The molecule has 4 aromatic rings. The second-order valence-electron chi connectivity index (χ2n) is 8.33. The van der Waals surface area contributed by atoms with Crippen LogP contribution >= 0.6 is 0 Å². The molecule has 9 heteroatoms. The number of allylic oxidation sites excluding steroid dienone is 1. The van der Waals surface area contributed by atoms with E-state index in [0.717, 1.165) is 30.2 Å². The molecule has 0 saturated carbocycles. The summed E-state index contributed by atoms with van der Waals surface area (Å²) < 4.78 is 118. The second kappa shape index (κ2) is 10.7. The topological polar surface area (TPSA) is 9.23 Å². The lowest BCUT2D eigenvalue weighted by Gasteiger charge is -2.20. The van der Waals surface area contributed by atoms with Crippen LogP contribution in [0.15, 0.2) is 79.4 Å². The van der Waals surface area contributed by atoms with Gasteiger partial charge in [-0.3, -0.25) is 0 Å². The van der Waals surface area contributed by atoms with Gasteiger partial charge in [0, 0.05) is 17.2 Å². The standard InChI is InChI=1S/C29H18F8O/c1-2-3-4-16-5-7-17(8-6-16)21-11-12-22(27(34)26(21)33)29(36,37)38-19-9-10-20(23(30)15-19)18-13-24(31)28(35)25(32)14-18/h2,5-15H,1,3-4H2. The molecule has 0 aliphatic heterocycles. The van der Waals surface area contributed by atoms with Crippen LogP contribution in [0, 0.1) is 34.9 Å². The molecule has 0 N–H and O–H groups in total. The minimum Gasteiger partial charge on any atom is -0.429 e. The molecular formula is C29H18F8O. The summed E-state index contributed by atoms with van der Waals surface area (Å²) in [6.07, 6.45) is -1.26. The molecule has 0 aromatic heterocycles.